The molecule has 6 aromatic rings. The third kappa shape index (κ3) is 6.68. The van der Waals surface area contributed by atoms with Crippen LogP contribution in [0.3, 0.4) is 0 Å². The van der Waals surface area contributed by atoms with Gasteiger partial charge in [0.15, 0.2) is 0 Å². The molecule has 0 fully saturated rings. The van der Waals surface area contributed by atoms with Crippen molar-refractivity contribution in [2.45, 2.75) is 13.0 Å². The first-order valence-electron chi connectivity index (χ1n) is 13.4. The van der Waals surface area contributed by atoms with E-state index in [0.29, 0.717) is 39.9 Å². The lowest BCUT2D eigenvalue weighted by molar-refractivity contribution is 0.262. The Morgan fingerprint density at radius 3 is 2.28 bits per heavy atom. The second kappa shape index (κ2) is 12.1. The number of aryl methyl sites for hydroxylation is 1. The molecule has 0 unspecified atom stereocenters. The smallest absolute Gasteiger partial charge is 0.323 e. The number of urea groups is 1. The Morgan fingerprint density at radius 2 is 1.58 bits per heavy atom. The minimum atomic E-state index is -0.327. The normalized spacial score (nSPS) is 10.9. The van der Waals surface area contributed by atoms with E-state index in [1.54, 1.807) is 24.3 Å². The van der Waals surface area contributed by atoms with Crippen LogP contribution in [0.2, 0.25) is 0 Å². The topological polar surface area (TPSA) is 130 Å². The molecule has 0 bridgehead atoms. The van der Waals surface area contributed by atoms with Gasteiger partial charge in [-0.2, -0.15) is 0 Å². The number of imidazole rings is 1. The van der Waals surface area contributed by atoms with Gasteiger partial charge >= 0.3 is 10.9 Å². The first kappa shape index (κ1) is 27.6. The van der Waals surface area contributed by atoms with Gasteiger partial charge in [0.1, 0.15) is 29.7 Å². The second-order valence-corrected chi connectivity index (χ2v) is 10.8. The molecule has 10 nitrogen and oxygen atoms in total. The van der Waals surface area contributed by atoms with E-state index < -0.39 is 0 Å². The number of nitrogens with one attached hydrogen (secondary N) is 3. The van der Waals surface area contributed by atoms with Gasteiger partial charge in [0.05, 0.1) is 15.9 Å². The van der Waals surface area contributed by atoms with Crippen LogP contribution in [0.1, 0.15) is 16.3 Å². The molecule has 0 spiro atoms. The third-order valence-electron chi connectivity index (χ3n) is 6.68. The molecule has 0 radical (unpaired) electrons. The van der Waals surface area contributed by atoms with Gasteiger partial charge in [-0.15, -0.1) is 0 Å². The zero-order valence-electron chi connectivity index (χ0n) is 23.0. The first-order valence-corrected chi connectivity index (χ1v) is 14.2. The summed E-state index contributed by atoms with van der Waals surface area (Å²) in [6.07, 6.45) is 0.456. The van der Waals surface area contributed by atoms with E-state index in [9.17, 15) is 14.7 Å². The second-order valence-electron chi connectivity index (χ2n) is 9.70. The van der Waals surface area contributed by atoms with E-state index in [4.69, 9.17) is 14.5 Å². The maximum Gasteiger partial charge on any atom is 0.323 e. The van der Waals surface area contributed by atoms with E-state index in [-0.39, 0.29) is 23.4 Å². The maximum atomic E-state index is 12.2. The zero-order chi connectivity index (χ0) is 29.8. The number of aromatic amines is 1. The van der Waals surface area contributed by atoms with Crippen LogP contribution in [-0.2, 0) is 20.1 Å². The summed E-state index contributed by atoms with van der Waals surface area (Å²) >= 11 is 1.000. The van der Waals surface area contributed by atoms with Crippen LogP contribution in [-0.4, -0.2) is 25.7 Å². The number of amides is 2. The van der Waals surface area contributed by atoms with E-state index in [0.717, 1.165) is 33.8 Å². The number of nitrogens with zero attached hydrogens (tertiary/aromatic N) is 2. The van der Waals surface area contributed by atoms with Crippen LogP contribution in [0.5, 0.6) is 23.1 Å². The number of hydrogen-bond acceptors (Lipinski definition) is 7. The van der Waals surface area contributed by atoms with Crippen LogP contribution in [0, 0.1) is 0 Å². The fourth-order valence-electron chi connectivity index (χ4n) is 4.48. The largest absolute Gasteiger partial charge is 0.494 e. The fourth-order valence-corrected chi connectivity index (χ4v) is 5.24. The molecule has 4 aromatic carbocycles. The highest BCUT2D eigenvalue weighted by atomic mass is 32.1. The van der Waals surface area contributed by atoms with Crippen molar-refractivity contribution in [3.05, 3.63) is 123 Å². The molecular formula is C32H27N5O5S. The quantitative estimate of drug-likeness (QED) is 0.149. The predicted octanol–water partition coefficient (Wildman–Crippen LogP) is 6.63. The monoisotopic (exact) mass is 593 g/mol. The summed E-state index contributed by atoms with van der Waals surface area (Å²) in [6.45, 7) is 0.271. The van der Waals surface area contributed by atoms with E-state index in [1.807, 2.05) is 84.4 Å². The number of anilines is 2. The van der Waals surface area contributed by atoms with Gasteiger partial charge in [-0.25, -0.2) is 9.78 Å². The Hall–Kier alpha value is -5.55. The van der Waals surface area contributed by atoms with Gasteiger partial charge in [0.25, 0.3) is 0 Å². The van der Waals surface area contributed by atoms with Gasteiger partial charge < -0.3 is 29.8 Å². The summed E-state index contributed by atoms with van der Waals surface area (Å²) in [5.41, 5.74) is 4.01. The molecule has 0 atom stereocenters. The summed E-state index contributed by atoms with van der Waals surface area (Å²) < 4.78 is 14.0. The molecule has 2 aromatic heterocycles. The summed E-state index contributed by atoms with van der Waals surface area (Å²) in [6, 6.07) is 29.2. The third-order valence-corrected chi connectivity index (χ3v) is 7.55. The molecule has 2 amide bonds. The molecule has 0 saturated heterocycles. The number of fused-ring (bicyclic) bond motifs is 1. The number of aromatic hydroxyl groups is 1. The lowest BCUT2D eigenvalue weighted by atomic mass is 10.1. The minimum absolute atomic E-state index is 0.0819. The van der Waals surface area contributed by atoms with Crippen molar-refractivity contribution in [3.8, 4) is 23.1 Å². The van der Waals surface area contributed by atoms with Gasteiger partial charge in [-0.1, -0.05) is 41.7 Å². The number of thiazole rings is 1. The van der Waals surface area contributed by atoms with Crippen LogP contribution in [0.15, 0.2) is 102 Å². The first-order chi connectivity index (χ1) is 20.9. The number of hydrogen-bond donors (Lipinski definition) is 4. The standard InChI is InChI=1S/C32H27N5O5S/c1-37-27-18-25(42-24-13-9-22(10-14-24)34-31(39)33-21-5-3-2-4-6-21)15-16-26(27)35-29(37)19-41-23-11-7-20(8-12-23)17-28-30(38)36-32(40)43-28/h2-16,18,38H,17,19H2,1H3,(H,36,40)(H2,33,34,39). The number of benzene rings is 4. The van der Waals surface area contributed by atoms with Crippen molar-refractivity contribution in [2.75, 3.05) is 10.6 Å². The Balaban J connectivity index is 1.06. The lowest BCUT2D eigenvalue weighted by Crippen LogP contribution is -2.19. The number of ether oxygens (including phenoxy) is 2. The summed E-state index contributed by atoms with van der Waals surface area (Å²) in [7, 11) is 1.93. The Labute approximate surface area is 250 Å². The summed E-state index contributed by atoms with van der Waals surface area (Å²) in [5, 5.41) is 15.4. The number of carbonyl (C=O) groups excluding carboxylic acids is 1. The van der Waals surface area contributed by atoms with Crippen molar-refractivity contribution in [2.24, 2.45) is 7.05 Å². The number of para-hydroxylation sites is 1. The van der Waals surface area contributed by atoms with Gasteiger partial charge in [0, 0.05) is 30.9 Å². The lowest BCUT2D eigenvalue weighted by Gasteiger charge is -2.10. The van der Waals surface area contributed by atoms with E-state index >= 15 is 0 Å². The van der Waals surface area contributed by atoms with Crippen LogP contribution >= 0.6 is 11.3 Å². The zero-order valence-corrected chi connectivity index (χ0v) is 23.9. The molecule has 0 aliphatic heterocycles. The Kier molecular flexibility index (Phi) is 7.79. The molecule has 0 saturated carbocycles. The molecule has 2 heterocycles. The number of H-pyrrole nitrogens is 1. The number of aromatic nitrogens is 3. The van der Waals surface area contributed by atoms with Gasteiger partial charge in [-0.05, 0) is 66.2 Å². The van der Waals surface area contributed by atoms with Crippen LogP contribution in [0.25, 0.3) is 11.0 Å². The highest BCUT2D eigenvalue weighted by Crippen LogP contribution is 2.28. The molecule has 43 heavy (non-hydrogen) atoms. The van der Waals surface area contributed by atoms with Crippen molar-refractivity contribution in [3.63, 3.8) is 0 Å². The molecule has 0 aliphatic rings. The van der Waals surface area contributed by atoms with E-state index in [1.165, 1.54) is 0 Å². The van der Waals surface area contributed by atoms with Gasteiger partial charge in [0.2, 0.25) is 5.88 Å². The molecule has 4 N–H and O–H groups in total. The molecule has 11 heteroatoms. The maximum absolute atomic E-state index is 12.2. The van der Waals surface area contributed by atoms with Crippen molar-refractivity contribution >= 4 is 39.8 Å². The number of carbonyl (C=O) groups is 1. The Morgan fingerprint density at radius 1 is 0.907 bits per heavy atom. The summed E-state index contributed by atoms with van der Waals surface area (Å²) in [4.78, 5) is 31.1. The molecule has 0 aliphatic carbocycles. The summed E-state index contributed by atoms with van der Waals surface area (Å²) in [5.74, 6) is 2.63. The number of rotatable bonds is 9. The molecule has 6 rings (SSSR count). The van der Waals surface area contributed by atoms with Gasteiger partial charge in [-0.3, -0.25) is 9.78 Å². The Bertz CT molecular complexity index is 1930. The van der Waals surface area contributed by atoms with E-state index in [2.05, 4.69) is 15.6 Å². The predicted molar refractivity (Wildman–Crippen MR) is 166 cm³/mol. The van der Waals surface area contributed by atoms with Crippen molar-refractivity contribution < 1.29 is 19.4 Å². The average Bonchev–Trinajstić information content (AvgIpc) is 3.50. The molecule has 216 valence electrons. The fraction of sp³-hybridized carbons (Fsp3) is 0.0938. The van der Waals surface area contributed by atoms with Crippen molar-refractivity contribution in [1.29, 1.82) is 0 Å². The van der Waals surface area contributed by atoms with Crippen molar-refractivity contribution in [1.82, 2.24) is 14.5 Å². The average molecular weight is 594 g/mol. The van der Waals surface area contributed by atoms with Crippen LogP contribution < -0.4 is 25.0 Å². The van der Waals surface area contributed by atoms with Crippen LogP contribution in [0.4, 0.5) is 16.2 Å². The SMILES string of the molecule is Cn1c(COc2ccc(Cc3sc(=O)[nH]c3O)cc2)nc2ccc(Oc3ccc(NC(=O)Nc4ccccc4)cc3)cc21. The minimum Gasteiger partial charge on any atom is -0.494 e. The highest BCUT2D eigenvalue weighted by Gasteiger charge is 2.12. The highest BCUT2D eigenvalue weighted by molar-refractivity contribution is 7.09. The molecular weight excluding hydrogens is 566 g/mol.